The van der Waals surface area contributed by atoms with Crippen LogP contribution in [0.3, 0.4) is 0 Å². The zero-order valence-electron chi connectivity index (χ0n) is 11.1. The van der Waals surface area contributed by atoms with Gasteiger partial charge in [-0.15, -0.1) is 11.3 Å². The summed E-state index contributed by atoms with van der Waals surface area (Å²) in [6, 6.07) is 8.06. The van der Waals surface area contributed by atoms with Crippen LogP contribution in [0.5, 0.6) is 5.88 Å². The van der Waals surface area contributed by atoms with Crippen LogP contribution in [0.4, 0.5) is 0 Å². The molecule has 104 valence electrons. The second-order valence-corrected chi connectivity index (χ2v) is 6.52. The molecule has 5 rings (SSSR count). The topological polar surface area (TPSA) is 47.2 Å². The van der Waals surface area contributed by atoms with Crippen LogP contribution in [-0.4, -0.2) is 14.2 Å². The number of rotatable bonds is 1. The first-order chi connectivity index (χ1) is 10.3. The summed E-state index contributed by atoms with van der Waals surface area (Å²) in [6.07, 6.45) is 5.06. The van der Waals surface area contributed by atoms with Gasteiger partial charge in [0.25, 0.3) is 0 Å². The number of aromatic nitrogens is 2. The molecule has 0 fully saturated rings. The fourth-order valence-electron chi connectivity index (χ4n) is 3.62. The predicted molar refractivity (Wildman–Crippen MR) is 82.6 cm³/mol. The first-order valence-corrected chi connectivity index (χ1v) is 7.84. The Kier molecular flexibility index (Phi) is 2.00. The van der Waals surface area contributed by atoms with E-state index in [0.717, 1.165) is 27.9 Å². The number of hydrogen-bond acceptors (Lipinski definition) is 3. The van der Waals surface area contributed by atoms with Crippen molar-refractivity contribution >= 4 is 21.4 Å². The summed E-state index contributed by atoms with van der Waals surface area (Å²) in [5.74, 6) is 0.272. The van der Waals surface area contributed by atoms with Crippen LogP contribution in [0.2, 0.25) is 0 Å². The standard InChI is InChI=1S/C16H12N2O2S/c19-15-14-9-5-6-10(7-9)17(14)16(20)18(15)12-8-21-13-4-2-1-3-11(12)13/h1-6,8-10,19H,7H2/t9-,10+/m1/s1. The normalized spacial score (nSPS) is 22.3. The van der Waals surface area contributed by atoms with Crippen molar-refractivity contribution in [3.8, 4) is 11.6 Å². The Bertz CT molecular complexity index is 976. The third kappa shape index (κ3) is 1.27. The van der Waals surface area contributed by atoms with E-state index >= 15 is 0 Å². The van der Waals surface area contributed by atoms with E-state index in [-0.39, 0.29) is 23.5 Å². The molecule has 1 aliphatic carbocycles. The van der Waals surface area contributed by atoms with Crippen molar-refractivity contribution in [3.05, 3.63) is 58.0 Å². The Morgan fingerprint density at radius 2 is 2.10 bits per heavy atom. The van der Waals surface area contributed by atoms with Crippen LogP contribution in [-0.2, 0) is 0 Å². The SMILES string of the molecule is O=c1n(-c2csc3ccccc23)c(O)c2n1[C@H]1C=C[C@@H]2C1. The maximum atomic E-state index is 12.8. The number of allylic oxidation sites excluding steroid dienone is 2. The van der Waals surface area contributed by atoms with E-state index in [1.54, 1.807) is 15.9 Å². The number of hydrogen-bond donors (Lipinski definition) is 1. The van der Waals surface area contributed by atoms with Crippen molar-refractivity contribution in [1.82, 2.24) is 9.13 Å². The van der Waals surface area contributed by atoms with E-state index in [2.05, 4.69) is 12.2 Å². The van der Waals surface area contributed by atoms with Gasteiger partial charge in [-0.1, -0.05) is 30.4 Å². The smallest absolute Gasteiger partial charge is 0.336 e. The van der Waals surface area contributed by atoms with Crippen LogP contribution in [0.25, 0.3) is 15.8 Å². The second kappa shape index (κ2) is 3.68. The average molecular weight is 296 g/mol. The van der Waals surface area contributed by atoms with Gasteiger partial charge in [-0.3, -0.25) is 4.57 Å². The molecule has 3 aromatic rings. The summed E-state index contributed by atoms with van der Waals surface area (Å²) in [5.41, 5.74) is 1.41. The molecule has 2 aliphatic rings. The maximum Gasteiger partial charge on any atom is 0.336 e. The quantitative estimate of drug-likeness (QED) is 0.701. The zero-order valence-corrected chi connectivity index (χ0v) is 11.9. The van der Waals surface area contributed by atoms with Crippen molar-refractivity contribution < 1.29 is 5.11 Å². The van der Waals surface area contributed by atoms with Gasteiger partial charge in [0.1, 0.15) is 0 Å². The molecule has 0 amide bonds. The Hall–Kier alpha value is -2.27. The van der Waals surface area contributed by atoms with Gasteiger partial charge in [0.05, 0.1) is 17.4 Å². The molecule has 0 saturated carbocycles. The monoisotopic (exact) mass is 296 g/mol. The lowest BCUT2D eigenvalue weighted by Crippen LogP contribution is -2.24. The molecule has 0 unspecified atom stereocenters. The summed E-state index contributed by atoms with van der Waals surface area (Å²) in [7, 11) is 0. The van der Waals surface area contributed by atoms with Crippen molar-refractivity contribution in [3.63, 3.8) is 0 Å². The van der Waals surface area contributed by atoms with Gasteiger partial charge in [-0.2, -0.15) is 0 Å². The van der Waals surface area contributed by atoms with Crippen molar-refractivity contribution in [2.45, 2.75) is 18.4 Å². The summed E-state index contributed by atoms with van der Waals surface area (Å²) in [4.78, 5) is 12.8. The first-order valence-electron chi connectivity index (χ1n) is 6.96. The molecular weight excluding hydrogens is 284 g/mol. The van der Waals surface area contributed by atoms with Crippen LogP contribution in [0, 0.1) is 0 Å². The van der Waals surface area contributed by atoms with Gasteiger partial charge in [0.2, 0.25) is 5.88 Å². The van der Waals surface area contributed by atoms with Crippen molar-refractivity contribution in [2.24, 2.45) is 0 Å². The molecular formula is C16H12N2O2S. The first kappa shape index (κ1) is 11.4. The molecule has 0 saturated heterocycles. The Balaban J connectivity index is 1.85. The fourth-order valence-corrected chi connectivity index (χ4v) is 4.54. The maximum absolute atomic E-state index is 12.8. The van der Waals surface area contributed by atoms with E-state index < -0.39 is 0 Å². The van der Waals surface area contributed by atoms with E-state index in [4.69, 9.17) is 0 Å². The van der Waals surface area contributed by atoms with E-state index in [9.17, 15) is 9.90 Å². The highest BCUT2D eigenvalue weighted by Gasteiger charge is 2.39. The Morgan fingerprint density at radius 3 is 2.95 bits per heavy atom. The van der Waals surface area contributed by atoms with Gasteiger partial charge in [-0.05, 0) is 12.5 Å². The minimum Gasteiger partial charge on any atom is -0.493 e. The Morgan fingerprint density at radius 1 is 1.24 bits per heavy atom. The van der Waals surface area contributed by atoms with Gasteiger partial charge in [-0.25, -0.2) is 9.36 Å². The number of imidazole rings is 1. The van der Waals surface area contributed by atoms with Crippen LogP contribution in [0.15, 0.2) is 46.6 Å². The second-order valence-electron chi connectivity index (χ2n) is 5.61. The summed E-state index contributed by atoms with van der Waals surface area (Å²) in [6.45, 7) is 0. The van der Waals surface area contributed by atoms with Gasteiger partial charge in [0.15, 0.2) is 0 Å². The number of fused-ring (bicyclic) bond motifs is 6. The Labute approximate surface area is 124 Å². The van der Waals surface area contributed by atoms with E-state index in [0.29, 0.717) is 0 Å². The highest BCUT2D eigenvalue weighted by atomic mass is 32.1. The van der Waals surface area contributed by atoms with Crippen molar-refractivity contribution in [2.75, 3.05) is 0 Å². The minimum atomic E-state index is -0.136. The summed E-state index contributed by atoms with van der Waals surface area (Å²) >= 11 is 1.59. The molecule has 1 aliphatic heterocycles. The van der Waals surface area contributed by atoms with Gasteiger partial charge in [0, 0.05) is 21.4 Å². The van der Waals surface area contributed by atoms with E-state index in [1.807, 2.05) is 29.6 Å². The molecule has 4 nitrogen and oxygen atoms in total. The third-order valence-corrected chi connectivity index (χ3v) is 5.49. The lowest BCUT2D eigenvalue weighted by Gasteiger charge is -2.05. The molecule has 5 heteroatoms. The molecule has 0 radical (unpaired) electrons. The van der Waals surface area contributed by atoms with E-state index in [1.165, 1.54) is 4.57 Å². The summed E-state index contributed by atoms with van der Waals surface area (Å²) in [5, 5.41) is 13.5. The highest BCUT2D eigenvalue weighted by Crippen LogP contribution is 2.47. The van der Waals surface area contributed by atoms with Crippen LogP contribution >= 0.6 is 11.3 Å². The van der Waals surface area contributed by atoms with Crippen LogP contribution < -0.4 is 5.69 Å². The highest BCUT2D eigenvalue weighted by molar-refractivity contribution is 7.17. The minimum absolute atomic E-state index is 0.0976. The number of aromatic hydroxyl groups is 1. The average Bonchev–Trinajstić information content (AvgIpc) is 3.23. The lowest BCUT2D eigenvalue weighted by molar-refractivity contribution is 0.433. The number of nitrogens with zero attached hydrogens (tertiary/aromatic N) is 2. The fraction of sp³-hybridized carbons (Fsp3) is 0.188. The molecule has 3 heterocycles. The summed E-state index contributed by atoms with van der Waals surface area (Å²) < 4.78 is 4.32. The molecule has 1 N–H and O–H groups in total. The largest absolute Gasteiger partial charge is 0.493 e. The molecule has 1 aromatic carbocycles. The number of thiophene rings is 1. The van der Waals surface area contributed by atoms with Crippen LogP contribution in [0.1, 0.15) is 24.1 Å². The van der Waals surface area contributed by atoms with Crippen molar-refractivity contribution in [1.29, 1.82) is 0 Å². The molecule has 2 aromatic heterocycles. The predicted octanol–water partition coefficient (Wildman–Crippen LogP) is 3.16. The van der Waals surface area contributed by atoms with Gasteiger partial charge < -0.3 is 5.11 Å². The third-order valence-electron chi connectivity index (χ3n) is 4.54. The molecule has 2 atom stereocenters. The molecule has 0 spiro atoms. The molecule has 21 heavy (non-hydrogen) atoms. The molecule has 2 bridgehead atoms. The number of benzene rings is 1. The lowest BCUT2D eigenvalue weighted by atomic mass is 10.1. The van der Waals surface area contributed by atoms with Gasteiger partial charge >= 0.3 is 5.69 Å². The zero-order chi connectivity index (χ0) is 14.1.